The Balaban J connectivity index is 2.31. The summed E-state index contributed by atoms with van der Waals surface area (Å²) in [5, 5.41) is 0.701. The van der Waals surface area contributed by atoms with Crippen LogP contribution in [0.5, 0.6) is 5.75 Å². The largest absolute Gasteiger partial charge is 0.492 e. The number of rotatable bonds is 6. The molecule has 0 bridgehead atoms. The van der Waals surface area contributed by atoms with Crippen LogP contribution in [0.15, 0.2) is 22.7 Å². The summed E-state index contributed by atoms with van der Waals surface area (Å²) < 4.78 is 6.46. The van der Waals surface area contributed by atoms with Crippen LogP contribution in [-0.2, 0) is 0 Å². The molecular formula is C10H13BrClNOS. The van der Waals surface area contributed by atoms with Crippen molar-refractivity contribution < 1.29 is 4.74 Å². The highest BCUT2D eigenvalue weighted by Gasteiger charge is 2.01. The van der Waals surface area contributed by atoms with E-state index in [4.69, 9.17) is 22.1 Å². The Kier molecular flexibility index (Phi) is 6.48. The van der Waals surface area contributed by atoms with Crippen LogP contribution < -0.4 is 10.5 Å². The molecule has 5 heteroatoms. The topological polar surface area (TPSA) is 35.2 Å². The van der Waals surface area contributed by atoms with Gasteiger partial charge in [-0.3, -0.25) is 0 Å². The number of ether oxygens (including phenoxy) is 1. The number of halogens is 2. The summed E-state index contributed by atoms with van der Waals surface area (Å²) in [5.74, 6) is 2.75. The van der Waals surface area contributed by atoms with Crippen LogP contribution in [0.1, 0.15) is 0 Å². The Morgan fingerprint density at radius 2 is 2.20 bits per heavy atom. The van der Waals surface area contributed by atoms with Crippen molar-refractivity contribution in [2.24, 2.45) is 5.73 Å². The molecule has 0 atom stereocenters. The standard InChI is InChI=1S/C10H13BrClNOS/c11-9-7-8(12)1-2-10(9)14-4-6-15-5-3-13/h1-2,7H,3-6,13H2. The number of thioether (sulfide) groups is 1. The molecule has 84 valence electrons. The summed E-state index contributed by atoms with van der Waals surface area (Å²) in [7, 11) is 0. The zero-order chi connectivity index (χ0) is 11.1. The molecule has 0 saturated heterocycles. The van der Waals surface area contributed by atoms with Crippen LogP contribution in [-0.4, -0.2) is 24.7 Å². The molecule has 0 aliphatic heterocycles. The Labute approximate surface area is 108 Å². The molecule has 0 heterocycles. The van der Waals surface area contributed by atoms with E-state index >= 15 is 0 Å². The van der Waals surface area contributed by atoms with E-state index in [-0.39, 0.29) is 0 Å². The van der Waals surface area contributed by atoms with Crippen molar-refractivity contribution >= 4 is 39.3 Å². The second-order valence-corrected chi connectivity index (χ2v) is 5.34. The highest BCUT2D eigenvalue weighted by atomic mass is 79.9. The minimum atomic E-state index is 0.685. The van der Waals surface area contributed by atoms with Gasteiger partial charge in [0.25, 0.3) is 0 Å². The lowest BCUT2D eigenvalue weighted by molar-refractivity contribution is 0.342. The highest BCUT2D eigenvalue weighted by Crippen LogP contribution is 2.27. The van der Waals surface area contributed by atoms with E-state index in [0.29, 0.717) is 11.6 Å². The molecule has 0 amide bonds. The molecule has 0 fully saturated rings. The highest BCUT2D eigenvalue weighted by molar-refractivity contribution is 9.10. The van der Waals surface area contributed by atoms with E-state index in [1.165, 1.54) is 0 Å². The summed E-state index contributed by atoms with van der Waals surface area (Å²) in [4.78, 5) is 0. The average Bonchev–Trinajstić information content (AvgIpc) is 2.20. The zero-order valence-electron chi connectivity index (χ0n) is 8.21. The van der Waals surface area contributed by atoms with Crippen molar-refractivity contribution in [3.8, 4) is 5.75 Å². The Morgan fingerprint density at radius 3 is 2.87 bits per heavy atom. The van der Waals surface area contributed by atoms with Gasteiger partial charge in [-0.05, 0) is 34.1 Å². The van der Waals surface area contributed by atoms with Crippen LogP contribution in [0.25, 0.3) is 0 Å². The van der Waals surface area contributed by atoms with Crippen molar-refractivity contribution in [1.29, 1.82) is 0 Å². The van der Waals surface area contributed by atoms with Gasteiger partial charge in [-0.15, -0.1) is 0 Å². The third-order valence-electron chi connectivity index (χ3n) is 1.64. The van der Waals surface area contributed by atoms with Gasteiger partial charge in [0.1, 0.15) is 5.75 Å². The molecule has 0 unspecified atom stereocenters. The lowest BCUT2D eigenvalue weighted by atomic mass is 10.3. The molecule has 1 aromatic carbocycles. The molecule has 2 N–H and O–H groups in total. The minimum absolute atomic E-state index is 0.685. The quantitative estimate of drug-likeness (QED) is 0.820. The van der Waals surface area contributed by atoms with Crippen molar-refractivity contribution in [3.63, 3.8) is 0 Å². The molecule has 1 rings (SSSR count). The van der Waals surface area contributed by atoms with Gasteiger partial charge in [0.15, 0.2) is 0 Å². The summed E-state index contributed by atoms with van der Waals surface area (Å²) in [6.45, 7) is 1.40. The second-order valence-electron chi connectivity index (χ2n) is 2.82. The first kappa shape index (κ1) is 13.2. The van der Waals surface area contributed by atoms with Crippen LogP contribution in [0.2, 0.25) is 5.02 Å². The van der Waals surface area contributed by atoms with Gasteiger partial charge < -0.3 is 10.5 Å². The van der Waals surface area contributed by atoms with E-state index in [1.54, 1.807) is 11.8 Å². The van der Waals surface area contributed by atoms with Crippen molar-refractivity contribution in [2.75, 3.05) is 24.7 Å². The first-order valence-corrected chi connectivity index (χ1v) is 6.92. The number of nitrogens with two attached hydrogens (primary N) is 1. The lowest BCUT2D eigenvalue weighted by Gasteiger charge is -2.07. The van der Waals surface area contributed by atoms with Crippen molar-refractivity contribution in [1.82, 2.24) is 0 Å². The number of hydrogen-bond donors (Lipinski definition) is 1. The first-order valence-electron chi connectivity index (χ1n) is 4.59. The smallest absolute Gasteiger partial charge is 0.133 e. The number of benzene rings is 1. The van der Waals surface area contributed by atoms with E-state index in [1.807, 2.05) is 18.2 Å². The molecule has 0 saturated carbocycles. The van der Waals surface area contributed by atoms with Gasteiger partial charge in [0, 0.05) is 23.1 Å². The number of hydrogen-bond acceptors (Lipinski definition) is 3. The van der Waals surface area contributed by atoms with Crippen LogP contribution >= 0.6 is 39.3 Å². The second kappa shape index (κ2) is 7.39. The summed E-state index contributed by atoms with van der Waals surface area (Å²) in [6, 6.07) is 5.50. The molecule has 0 radical (unpaired) electrons. The fourth-order valence-electron chi connectivity index (χ4n) is 0.988. The van der Waals surface area contributed by atoms with Crippen molar-refractivity contribution in [2.45, 2.75) is 0 Å². The molecule has 2 nitrogen and oxygen atoms in total. The maximum atomic E-state index is 5.82. The normalized spacial score (nSPS) is 10.3. The Hall–Kier alpha value is 0.1000. The van der Waals surface area contributed by atoms with Crippen LogP contribution in [0.3, 0.4) is 0 Å². The van der Waals surface area contributed by atoms with Gasteiger partial charge in [0.05, 0.1) is 11.1 Å². The third kappa shape index (κ3) is 5.11. The van der Waals surface area contributed by atoms with Gasteiger partial charge in [-0.2, -0.15) is 11.8 Å². The molecule has 15 heavy (non-hydrogen) atoms. The molecule has 0 aliphatic rings. The van der Waals surface area contributed by atoms with Gasteiger partial charge in [-0.1, -0.05) is 11.6 Å². The van der Waals surface area contributed by atoms with Gasteiger partial charge in [-0.25, -0.2) is 0 Å². The van der Waals surface area contributed by atoms with Gasteiger partial charge in [0.2, 0.25) is 0 Å². The lowest BCUT2D eigenvalue weighted by Crippen LogP contribution is -2.05. The Bertz CT molecular complexity index is 311. The summed E-state index contributed by atoms with van der Waals surface area (Å²) >= 11 is 11.0. The van der Waals surface area contributed by atoms with Gasteiger partial charge >= 0.3 is 0 Å². The predicted octanol–water partition coefficient (Wildman–Crippen LogP) is 3.17. The monoisotopic (exact) mass is 309 g/mol. The van der Waals surface area contributed by atoms with E-state index in [9.17, 15) is 0 Å². The van der Waals surface area contributed by atoms with E-state index in [0.717, 1.165) is 28.3 Å². The molecule has 0 spiro atoms. The maximum absolute atomic E-state index is 5.82. The average molecular weight is 311 g/mol. The third-order valence-corrected chi connectivity index (χ3v) is 3.48. The first-order chi connectivity index (χ1) is 7.24. The molecule has 0 aliphatic carbocycles. The van der Waals surface area contributed by atoms with Crippen LogP contribution in [0.4, 0.5) is 0 Å². The maximum Gasteiger partial charge on any atom is 0.133 e. The summed E-state index contributed by atoms with van der Waals surface area (Å²) in [5.41, 5.74) is 5.38. The van der Waals surface area contributed by atoms with Crippen LogP contribution in [0, 0.1) is 0 Å². The van der Waals surface area contributed by atoms with E-state index < -0.39 is 0 Å². The zero-order valence-corrected chi connectivity index (χ0v) is 11.4. The van der Waals surface area contributed by atoms with Crippen molar-refractivity contribution in [3.05, 3.63) is 27.7 Å². The fraction of sp³-hybridized carbons (Fsp3) is 0.400. The molecular weight excluding hydrogens is 298 g/mol. The van der Waals surface area contributed by atoms with E-state index in [2.05, 4.69) is 15.9 Å². The summed E-state index contributed by atoms with van der Waals surface area (Å²) in [6.07, 6.45) is 0. The molecule has 0 aromatic heterocycles. The molecule has 1 aromatic rings. The predicted molar refractivity (Wildman–Crippen MR) is 71.0 cm³/mol. The fourth-order valence-corrected chi connectivity index (χ4v) is 2.36. The minimum Gasteiger partial charge on any atom is -0.492 e. The Morgan fingerprint density at radius 1 is 1.40 bits per heavy atom. The SMILES string of the molecule is NCCSCCOc1ccc(Cl)cc1Br.